The molecule has 0 amide bonds. The van der Waals surface area contributed by atoms with E-state index < -0.39 is 0 Å². The number of likely N-dealkylation sites (N-methyl/N-ethyl adjacent to an activating group) is 1. The number of aromatic nitrogens is 3. The highest BCUT2D eigenvalue weighted by Crippen LogP contribution is 2.27. The van der Waals surface area contributed by atoms with Gasteiger partial charge in [0, 0.05) is 31.3 Å². The number of pyridine rings is 1. The average Bonchev–Trinajstić information content (AvgIpc) is 2.72. The molecule has 2 aromatic heterocycles. The van der Waals surface area contributed by atoms with E-state index in [2.05, 4.69) is 31.7 Å². The fourth-order valence-electron chi connectivity index (χ4n) is 3.69. The molecule has 30 heavy (non-hydrogen) atoms. The Morgan fingerprint density at radius 2 is 1.97 bits per heavy atom. The van der Waals surface area contributed by atoms with Crippen molar-refractivity contribution in [3.05, 3.63) is 41.5 Å². The fraction of sp³-hybridized carbons (Fsp3) is 0.478. The van der Waals surface area contributed by atoms with E-state index in [1.807, 2.05) is 32.0 Å². The maximum atomic E-state index is 12.0. The lowest BCUT2D eigenvalue weighted by atomic mass is 9.91. The van der Waals surface area contributed by atoms with Crippen molar-refractivity contribution in [2.24, 2.45) is 5.92 Å². The van der Waals surface area contributed by atoms with Crippen LogP contribution in [0.25, 0.3) is 0 Å². The van der Waals surface area contributed by atoms with E-state index in [9.17, 15) is 4.79 Å². The summed E-state index contributed by atoms with van der Waals surface area (Å²) in [6.07, 6.45) is 7.04. The normalized spacial score (nSPS) is 14.5. The molecule has 7 nitrogen and oxygen atoms in total. The summed E-state index contributed by atoms with van der Waals surface area (Å²) in [6.45, 7) is 4.33. The molecule has 0 aromatic carbocycles. The molecule has 0 aliphatic carbocycles. The molecule has 2 N–H and O–H groups in total. The summed E-state index contributed by atoms with van der Waals surface area (Å²) in [4.78, 5) is 29.2. The lowest BCUT2D eigenvalue weighted by molar-refractivity contribution is -0.120. The first kappa shape index (κ1) is 21.7. The maximum absolute atomic E-state index is 12.0. The van der Waals surface area contributed by atoms with Crippen LogP contribution in [0.2, 0.25) is 0 Å². The van der Waals surface area contributed by atoms with Crippen LogP contribution >= 0.6 is 0 Å². The second-order valence-corrected chi connectivity index (χ2v) is 8.12. The smallest absolute Gasteiger partial charge is 0.148 e. The van der Waals surface area contributed by atoms with Gasteiger partial charge in [0.15, 0.2) is 0 Å². The first-order valence-corrected chi connectivity index (χ1v) is 10.4. The van der Waals surface area contributed by atoms with Gasteiger partial charge in [-0.3, -0.25) is 4.79 Å². The van der Waals surface area contributed by atoms with E-state index in [0.717, 1.165) is 55.0 Å². The number of rotatable bonds is 6. The zero-order valence-electron chi connectivity index (χ0n) is 18.1. The minimum atomic E-state index is 0.323. The molecule has 0 radical (unpaired) electrons. The summed E-state index contributed by atoms with van der Waals surface area (Å²) in [6, 6.07) is 3.60. The van der Waals surface area contributed by atoms with Crippen LogP contribution in [-0.2, 0) is 4.79 Å². The Hall–Kier alpha value is -2.98. The van der Waals surface area contributed by atoms with Crippen LogP contribution in [-0.4, -0.2) is 59.4 Å². The molecule has 1 fully saturated rings. The molecule has 1 saturated heterocycles. The van der Waals surface area contributed by atoms with E-state index >= 15 is 0 Å². The SMILES string of the molecule is Cc1ncnc(N2CCC(CCC(=O)CN(C)C)CC2)c1C#Cc1ccc(N)nc1. The van der Waals surface area contributed by atoms with E-state index in [1.165, 1.54) is 0 Å². The Balaban J connectivity index is 1.64. The zero-order valence-corrected chi connectivity index (χ0v) is 18.1. The van der Waals surface area contributed by atoms with Crippen LogP contribution in [0.5, 0.6) is 0 Å². The number of piperidine rings is 1. The van der Waals surface area contributed by atoms with Crippen molar-refractivity contribution < 1.29 is 4.79 Å². The van der Waals surface area contributed by atoms with Crippen molar-refractivity contribution in [2.45, 2.75) is 32.6 Å². The van der Waals surface area contributed by atoms with Gasteiger partial charge >= 0.3 is 0 Å². The Morgan fingerprint density at radius 3 is 2.63 bits per heavy atom. The molecule has 3 heterocycles. The highest BCUT2D eigenvalue weighted by atomic mass is 16.1. The van der Waals surface area contributed by atoms with Crippen LogP contribution in [0, 0.1) is 24.7 Å². The third kappa shape index (κ3) is 6.01. The van der Waals surface area contributed by atoms with E-state index in [4.69, 9.17) is 5.73 Å². The Morgan fingerprint density at radius 1 is 1.20 bits per heavy atom. The minimum Gasteiger partial charge on any atom is -0.384 e. The van der Waals surface area contributed by atoms with Crippen LogP contribution in [0.15, 0.2) is 24.7 Å². The second-order valence-electron chi connectivity index (χ2n) is 8.12. The number of nitrogen functional groups attached to an aromatic ring is 1. The third-order valence-electron chi connectivity index (χ3n) is 5.37. The molecule has 0 bridgehead atoms. The highest BCUT2D eigenvalue weighted by molar-refractivity contribution is 5.80. The van der Waals surface area contributed by atoms with Gasteiger partial charge in [0.25, 0.3) is 0 Å². The zero-order chi connectivity index (χ0) is 21.5. The molecular formula is C23H30N6O. The van der Waals surface area contributed by atoms with Crippen molar-refractivity contribution in [2.75, 3.05) is 44.4 Å². The summed E-state index contributed by atoms with van der Waals surface area (Å²) in [5.41, 5.74) is 8.17. The van der Waals surface area contributed by atoms with Crippen molar-refractivity contribution in [3.63, 3.8) is 0 Å². The monoisotopic (exact) mass is 406 g/mol. The number of hydrogen-bond acceptors (Lipinski definition) is 7. The number of Topliss-reactive ketones (excluding diaryl/α,β-unsaturated/α-hetero) is 1. The Bertz CT molecular complexity index is 921. The molecule has 3 rings (SSSR count). The van der Waals surface area contributed by atoms with Gasteiger partial charge < -0.3 is 15.5 Å². The van der Waals surface area contributed by atoms with Gasteiger partial charge in [0.2, 0.25) is 0 Å². The minimum absolute atomic E-state index is 0.323. The van der Waals surface area contributed by atoms with E-state index in [1.54, 1.807) is 18.6 Å². The van der Waals surface area contributed by atoms with Crippen molar-refractivity contribution in [1.82, 2.24) is 19.9 Å². The third-order valence-corrected chi connectivity index (χ3v) is 5.37. The molecule has 1 aliphatic rings. The topological polar surface area (TPSA) is 88.2 Å². The predicted octanol–water partition coefficient (Wildman–Crippen LogP) is 2.29. The predicted molar refractivity (Wildman–Crippen MR) is 119 cm³/mol. The van der Waals surface area contributed by atoms with Crippen molar-refractivity contribution >= 4 is 17.4 Å². The number of ketones is 1. The molecular weight excluding hydrogens is 376 g/mol. The standard InChI is InChI=1S/C23H30N6O/c1-17-21(8-5-19-6-9-22(24)25-14-19)23(27-16-26-17)29-12-10-18(11-13-29)4-7-20(30)15-28(2)3/h6,9,14,16,18H,4,7,10-13,15H2,1-3H3,(H2,24,25). The van der Waals surface area contributed by atoms with Gasteiger partial charge in [-0.1, -0.05) is 11.8 Å². The maximum Gasteiger partial charge on any atom is 0.148 e. The summed E-state index contributed by atoms with van der Waals surface area (Å²) < 4.78 is 0. The van der Waals surface area contributed by atoms with Gasteiger partial charge in [0.05, 0.1) is 17.8 Å². The Kier molecular flexibility index (Phi) is 7.36. The molecule has 0 spiro atoms. The lowest BCUT2D eigenvalue weighted by Crippen LogP contribution is -2.35. The first-order valence-electron chi connectivity index (χ1n) is 10.4. The van der Waals surface area contributed by atoms with Gasteiger partial charge in [-0.05, 0) is 58.3 Å². The summed E-state index contributed by atoms with van der Waals surface area (Å²) in [5, 5.41) is 0. The van der Waals surface area contributed by atoms with Crippen LogP contribution in [0.4, 0.5) is 11.6 Å². The number of nitrogens with zero attached hydrogens (tertiary/aromatic N) is 5. The fourth-order valence-corrected chi connectivity index (χ4v) is 3.69. The van der Waals surface area contributed by atoms with Crippen molar-refractivity contribution in [3.8, 4) is 11.8 Å². The molecule has 0 saturated carbocycles. The summed E-state index contributed by atoms with van der Waals surface area (Å²) in [7, 11) is 3.87. The molecule has 7 heteroatoms. The number of hydrogen-bond donors (Lipinski definition) is 1. The summed E-state index contributed by atoms with van der Waals surface area (Å²) in [5.74, 6) is 8.67. The van der Waals surface area contributed by atoms with E-state index in [0.29, 0.717) is 30.5 Å². The van der Waals surface area contributed by atoms with Gasteiger partial charge in [-0.15, -0.1) is 0 Å². The van der Waals surface area contributed by atoms with Crippen LogP contribution < -0.4 is 10.6 Å². The number of nitrogens with two attached hydrogens (primary N) is 1. The molecule has 0 unspecified atom stereocenters. The molecule has 2 aromatic rings. The van der Waals surface area contributed by atoms with Gasteiger partial charge in [-0.25, -0.2) is 15.0 Å². The molecule has 0 atom stereocenters. The van der Waals surface area contributed by atoms with Crippen molar-refractivity contribution in [1.29, 1.82) is 0 Å². The Labute approximate surface area is 178 Å². The quantitative estimate of drug-likeness (QED) is 0.736. The van der Waals surface area contributed by atoms with Gasteiger partial charge in [0.1, 0.15) is 23.7 Å². The van der Waals surface area contributed by atoms with Gasteiger partial charge in [-0.2, -0.15) is 0 Å². The number of carbonyl (C=O) groups excluding carboxylic acids is 1. The van der Waals surface area contributed by atoms with Crippen LogP contribution in [0.3, 0.4) is 0 Å². The largest absolute Gasteiger partial charge is 0.384 e. The number of aryl methyl sites for hydroxylation is 1. The molecule has 1 aliphatic heterocycles. The second kappa shape index (κ2) is 10.2. The van der Waals surface area contributed by atoms with Crippen LogP contribution in [0.1, 0.15) is 42.5 Å². The average molecular weight is 407 g/mol. The lowest BCUT2D eigenvalue weighted by Gasteiger charge is -2.33. The highest BCUT2D eigenvalue weighted by Gasteiger charge is 2.23. The van der Waals surface area contributed by atoms with E-state index in [-0.39, 0.29) is 0 Å². The number of carbonyl (C=O) groups is 1. The molecule has 158 valence electrons. The first-order chi connectivity index (χ1) is 14.4. The number of anilines is 2. The summed E-state index contributed by atoms with van der Waals surface area (Å²) >= 11 is 0.